The minimum atomic E-state index is -4.80. The molecule has 4 aromatic rings. The van der Waals surface area contributed by atoms with Gasteiger partial charge in [-0.15, -0.1) is 0 Å². The van der Waals surface area contributed by atoms with E-state index in [1.807, 2.05) is 6.92 Å². The number of halogens is 9. The lowest BCUT2D eigenvalue weighted by Gasteiger charge is -2.19. The maximum absolute atomic E-state index is 14.7. The molecule has 0 N–H and O–H groups in total. The third kappa shape index (κ3) is 6.82. The highest BCUT2D eigenvalue weighted by atomic mass is 19.3. The summed E-state index contributed by atoms with van der Waals surface area (Å²) >= 11 is 0. The molecule has 0 unspecified atom stereocenters. The molecule has 0 saturated heterocycles. The van der Waals surface area contributed by atoms with Gasteiger partial charge in [-0.25, -0.2) is 30.7 Å². The highest BCUT2D eigenvalue weighted by Crippen LogP contribution is 2.36. The zero-order chi connectivity index (χ0) is 30.6. The first-order valence-electron chi connectivity index (χ1n) is 12.3. The van der Waals surface area contributed by atoms with Crippen molar-refractivity contribution in [2.45, 2.75) is 25.9 Å². The molecule has 0 fully saturated rings. The van der Waals surface area contributed by atoms with E-state index in [0.717, 1.165) is 25.0 Å². The van der Waals surface area contributed by atoms with Crippen molar-refractivity contribution < 1.29 is 49.0 Å². The van der Waals surface area contributed by atoms with Gasteiger partial charge in [0.25, 0.3) is 0 Å². The van der Waals surface area contributed by atoms with Crippen molar-refractivity contribution in [1.29, 1.82) is 0 Å². The first-order chi connectivity index (χ1) is 19.9. The fraction of sp³-hybridized carbons (Fsp3) is 0.161. The van der Waals surface area contributed by atoms with E-state index in [2.05, 4.69) is 16.6 Å². The number of benzene rings is 4. The van der Waals surface area contributed by atoms with Gasteiger partial charge in [-0.1, -0.05) is 37.3 Å². The molecule has 42 heavy (non-hydrogen) atoms. The Balaban J connectivity index is 1.56. The summed E-state index contributed by atoms with van der Waals surface area (Å²) in [5.41, 5.74) is -2.59. The Morgan fingerprint density at radius 3 is 1.76 bits per heavy atom. The van der Waals surface area contributed by atoms with E-state index >= 15 is 0 Å². The van der Waals surface area contributed by atoms with Gasteiger partial charge < -0.3 is 9.47 Å². The van der Waals surface area contributed by atoms with Crippen LogP contribution in [-0.4, -0.2) is 6.61 Å². The summed E-state index contributed by atoms with van der Waals surface area (Å²) in [6.45, 7) is 2.54. The second-order valence-electron chi connectivity index (χ2n) is 8.93. The summed E-state index contributed by atoms with van der Waals surface area (Å²) in [5.74, 6) is -8.10. The topological polar surface area (TPSA) is 18.5 Å². The molecule has 2 nitrogen and oxygen atoms in total. The van der Waals surface area contributed by atoms with Crippen molar-refractivity contribution in [1.82, 2.24) is 0 Å². The van der Waals surface area contributed by atoms with Crippen LogP contribution < -0.4 is 9.47 Å². The minimum Gasteiger partial charge on any atom is -0.494 e. The summed E-state index contributed by atoms with van der Waals surface area (Å²) in [7, 11) is 0. The van der Waals surface area contributed by atoms with Crippen molar-refractivity contribution in [3.05, 3.63) is 118 Å². The lowest BCUT2D eigenvalue weighted by molar-refractivity contribution is -0.189. The monoisotopic (exact) mass is 594 g/mol. The smallest absolute Gasteiger partial charge is 0.432 e. The highest BCUT2D eigenvalue weighted by Gasteiger charge is 2.41. The zero-order valence-electron chi connectivity index (χ0n) is 21.6. The van der Waals surface area contributed by atoms with Crippen LogP contribution in [0.2, 0.25) is 0 Å². The molecule has 0 aliphatic heterocycles. The van der Waals surface area contributed by atoms with Crippen molar-refractivity contribution in [3.8, 4) is 34.5 Å². The third-order valence-electron chi connectivity index (χ3n) is 5.86. The quantitative estimate of drug-likeness (QED) is 0.0878. The van der Waals surface area contributed by atoms with E-state index in [1.54, 1.807) is 24.3 Å². The number of hydrogen-bond donors (Lipinski definition) is 0. The van der Waals surface area contributed by atoms with E-state index in [9.17, 15) is 39.5 Å². The van der Waals surface area contributed by atoms with Gasteiger partial charge in [0.15, 0.2) is 17.5 Å². The lowest BCUT2D eigenvalue weighted by Crippen LogP contribution is -2.25. The largest absolute Gasteiger partial charge is 0.494 e. The molecule has 0 aliphatic rings. The Morgan fingerprint density at radius 2 is 1.21 bits per heavy atom. The molecule has 218 valence electrons. The molecule has 0 bridgehead atoms. The predicted octanol–water partition coefficient (Wildman–Crippen LogP) is 9.03. The number of ether oxygens (including phenoxy) is 2. The Labute approximate surface area is 234 Å². The molecular formula is C31H19F9O2. The molecule has 0 atom stereocenters. The van der Waals surface area contributed by atoms with Gasteiger partial charge in [-0.2, -0.15) is 8.78 Å². The Kier molecular flexibility index (Phi) is 9.05. The lowest BCUT2D eigenvalue weighted by atomic mass is 10.0. The second-order valence-corrected chi connectivity index (χ2v) is 8.93. The first-order valence-corrected chi connectivity index (χ1v) is 12.3. The van der Waals surface area contributed by atoms with Crippen LogP contribution in [0, 0.1) is 52.6 Å². The molecular weight excluding hydrogens is 575 g/mol. The molecule has 0 spiro atoms. The summed E-state index contributed by atoms with van der Waals surface area (Å²) in [5, 5.41) is 0. The van der Waals surface area contributed by atoms with E-state index in [0.29, 0.717) is 30.1 Å². The molecule has 0 saturated carbocycles. The molecule has 11 heteroatoms. The maximum Gasteiger partial charge on any atom is 0.432 e. The van der Waals surface area contributed by atoms with Gasteiger partial charge in [0.05, 0.1) is 12.2 Å². The second kappa shape index (κ2) is 12.5. The van der Waals surface area contributed by atoms with Crippen LogP contribution in [-0.2, 0) is 6.11 Å². The Morgan fingerprint density at radius 1 is 0.643 bits per heavy atom. The summed E-state index contributed by atoms with van der Waals surface area (Å²) < 4.78 is 137. The molecule has 0 aromatic heterocycles. The third-order valence-corrected chi connectivity index (χ3v) is 5.86. The van der Waals surface area contributed by atoms with E-state index in [4.69, 9.17) is 4.74 Å². The van der Waals surface area contributed by atoms with Crippen LogP contribution in [0.3, 0.4) is 0 Å². The Hall–Kier alpha value is -4.59. The van der Waals surface area contributed by atoms with E-state index in [1.165, 1.54) is 0 Å². The molecule has 4 rings (SSSR count). The fourth-order valence-corrected chi connectivity index (χ4v) is 3.79. The van der Waals surface area contributed by atoms with Crippen LogP contribution in [0.25, 0.3) is 11.1 Å². The molecule has 0 aliphatic carbocycles. The van der Waals surface area contributed by atoms with E-state index in [-0.39, 0.29) is 17.7 Å². The standard InChI is InChI=1S/C31H19F9O2/c1-2-3-10-41-20-7-5-18(6-8-20)19-13-23(32)22(24(33)14-19)9-4-17-11-25(34)29(26(35)12-17)31(39,40)42-21-15-27(36)30(38)28(37)16-21/h5-8,11-16H,2-3,10H2,1H3. The molecule has 4 aromatic carbocycles. The van der Waals surface area contributed by atoms with Gasteiger partial charge >= 0.3 is 6.11 Å². The average Bonchev–Trinajstić information content (AvgIpc) is 2.91. The van der Waals surface area contributed by atoms with Gasteiger partial charge in [0, 0.05) is 17.7 Å². The summed E-state index contributed by atoms with van der Waals surface area (Å²) in [6.07, 6.45) is -2.98. The normalized spacial score (nSPS) is 11.2. The SMILES string of the molecule is CCCCOc1ccc(-c2cc(F)c(C#Cc3cc(F)c(C(F)(F)Oc4cc(F)c(F)c(F)c4)c(F)c3)c(F)c2)cc1. The first kappa shape index (κ1) is 30.4. The van der Waals surface area contributed by atoms with Crippen LogP contribution >= 0.6 is 0 Å². The average molecular weight is 594 g/mol. The molecule has 0 amide bonds. The molecule has 0 radical (unpaired) electrons. The number of alkyl halides is 2. The van der Waals surface area contributed by atoms with Gasteiger partial charge in [0.2, 0.25) is 0 Å². The van der Waals surface area contributed by atoms with Crippen molar-refractivity contribution in [2.75, 3.05) is 6.61 Å². The van der Waals surface area contributed by atoms with Gasteiger partial charge in [-0.05, 0) is 53.9 Å². The van der Waals surface area contributed by atoms with Crippen molar-refractivity contribution in [2.24, 2.45) is 0 Å². The number of unbranched alkanes of at least 4 members (excludes halogenated alkanes) is 1. The number of hydrogen-bond acceptors (Lipinski definition) is 2. The summed E-state index contributed by atoms with van der Waals surface area (Å²) in [4.78, 5) is 0. The molecule has 0 heterocycles. The van der Waals surface area contributed by atoms with Crippen LogP contribution in [0.15, 0.2) is 60.7 Å². The fourth-order valence-electron chi connectivity index (χ4n) is 3.79. The Bertz CT molecular complexity index is 1600. The predicted molar refractivity (Wildman–Crippen MR) is 135 cm³/mol. The van der Waals surface area contributed by atoms with Crippen LogP contribution in [0.4, 0.5) is 39.5 Å². The van der Waals surface area contributed by atoms with Crippen LogP contribution in [0.1, 0.15) is 36.5 Å². The summed E-state index contributed by atoms with van der Waals surface area (Å²) in [6, 6.07) is 9.34. The zero-order valence-corrected chi connectivity index (χ0v) is 21.6. The van der Waals surface area contributed by atoms with E-state index < -0.39 is 69.3 Å². The highest BCUT2D eigenvalue weighted by molar-refractivity contribution is 5.66. The van der Waals surface area contributed by atoms with Gasteiger partial charge in [0.1, 0.15) is 40.3 Å². The number of rotatable bonds is 8. The van der Waals surface area contributed by atoms with Crippen molar-refractivity contribution >= 4 is 0 Å². The van der Waals surface area contributed by atoms with Gasteiger partial charge in [-0.3, -0.25) is 0 Å². The maximum atomic E-state index is 14.7. The van der Waals surface area contributed by atoms with Crippen LogP contribution in [0.5, 0.6) is 11.5 Å². The van der Waals surface area contributed by atoms with Crippen molar-refractivity contribution in [3.63, 3.8) is 0 Å². The minimum absolute atomic E-state index is 0.0639.